The van der Waals surface area contributed by atoms with Crippen molar-refractivity contribution in [1.82, 2.24) is 0 Å². The number of nitrogens with two attached hydrogens (primary N) is 1. The molecule has 0 aliphatic carbocycles. The first-order valence-corrected chi connectivity index (χ1v) is 7.59. The highest BCUT2D eigenvalue weighted by Gasteiger charge is 2.32. The molecule has 2 aromatic rings. The first-order chi connectivity index (χ1) is 10.0. The zero-order valence-electron chi connectivity index (χ0n) is 11.9. The van der Waals surface area contributed by atoms with Crippen molar-refractivity contribution in [3.8, 4) is 0 Å². The molecule has 2 rings (SSSR count). The maximum atomic E-state index is 10.0. The number of hydrogen-bond acceptors (Lipinski definition) is 2. The van der Waals surface area contributed by atoms with Crippen LogP contribution in [-0.2, 0) is 11.8 Å². The van der Waals surface area contributed by atoms with Crippen LogP contribution in [0.1, 0.15) is 16.7 Å². The zero-order valence-corrected chi connectivity index (χ0v) is 13.5. The van der Waals surface area contributed by atoms with Crippen LogP contribution in [0.15, 0.2) is 42.5 Å². The molecule has 0 heterocycles. The van der Waals surface area contributed by atoms with Crippen LogP contribution in [0, 0.1) is 6.92 Å². The van der Waals surface area contributed by atoms with E-state index in [0.29, 0.717) is 23.0 Å². The monoisotopic (exact) mass is 323 g/mol. The zero-order chi connectivity index (χ0) is 15.5. The van der Waals surface area contributed by atoms with Crippen LogP contribution in [0.25, 0.3) is 0 Å². The third-order valence-corrected chi connectivity index (χ3v) is 4.54. The normalized spacial score (nSPS) is 14.0. The van der Waals surface area contributed by atoms with Gasteiger partial charge in [0, 0.05) is 22.0 Å². The topological polar surface area (TPSA) is 46.2 Å². The molecule has 0 fully saturated rings. The van der Waals surface area contributed by atoms with Crippen molar-refractivity contribution in [2.75, 3.05) is 13.2 Å². The number of aryl methyl sites for hydroxylation is 1. The van der Waals surface area contributed by atoms with Crippen molar-refractivity contribution < 1.29 is 5.11 Å². The molecule has 0 saturated carbocycles. The van der Waals surface area contributed by atoms with Crippen molar-refractivity contribution in [3.63, 3.8) is 0 Å². The lowest BCUT2D eigenvalue weighted by atomic mass is 9.74. The van der Waals surface area contributed by atoms with Gasteiger partial charge in [0.05, 0.1) is 6.61 Å². The first kappa shape index (κ1) is 16.3. The van der Waals surface area contributed by atoms with E-state index in [9.17, 15) is 5.11 Å². The third kappa shape index (κ3) is 3.41. The van der Waals surface area contributed by atoms with Gasteiger partial charge in [-0.15, -0.1) is 0 Å². The molecule has 0 radical (unpaired) electrons. The van der Waals surface area contributed by atoms with E-state index in [4.69, 9.17) is 28.9 Å². The van der Waals surface area contributed by atoms with Crippen molar-refractivity contribution in [1.29, 1.82) is 0 Å². The standard InChI is InChI=1S/C17H19Cl2NO/c1-12-4-2-3-5-15(12)17(10-20,11-21)9-13-6-7-14(18)8-16(13)19/h2-8,21H,9-11,20H2,1H3. The number of benzene rings is 2. The first-order valence-electron chi connectivity index (χ1n) is 6.83. The molecule has 0 bridgehead atoms. The number of aliphatic hydroxyl groups is 1. The van der Waals surface area contributed by atoms with E-state index < -0.39 is 5.41 Å². The van der Waals surface area contributed by atoms with E-state index in [2.05, 4.69) is 0 Å². The van der Waals surface area contributed by atoms with E-state index in [1.54, 1.807) is 12.1 Å². The molecule has 4 heteroatoms. The molecular weight excluding hydrogens is 305 g/mol. The molecule has 21 heavy (non-hydrogen) atoms. The summed E-state index contributed by atoms with van der Waals surface area (Å²) in [6.07, 6.45) is 0.570. The Morgan fingerprint density at radius 1 is 1.14 bits per heavy atom. The summed E-state index contributed by atoms with van der Waals surface area (Å²) in [5, 5.41) is 11.2. The van der Waals surface area contributed by atoms with Crippen molar-refractivity contribution in [3.05, 3.63) is 69.2 Å². The number of halogens is 2. The van der Waals surface area contributed by atoms with Gasteiger partial charge in [-0.2, -0.15) is 0 Å². The van der Waals surface area contributed by atoms with Gasteiger partial charge in [0.2, 0.25) is 0 Å². The van der Waals surface area contributed by atoms with E-state index in [1.807, 2.05) is 37.3 Å². The Labute approximate surface area is 135 Å². The fourth-order valence-electron chi connectivity index (χ4n) is 2.68. The molecule has 1 unspecified atom stereocenters. The van der Waals surface area contributed by atoms with Gasteiger partial charge in [0.25, 0.3) is 0 Å². The predicted octanol–water partition coefficient (Wildman–Crippen LogP) is 3.73. The van der Waals surface area contributed by atoms with Crippen molar-refractivity contribution in [2.24, 2.45) is 5.73 Å². The van der Waals surface area contributed by atoms with E-state index in [-0.39, 0.29) is 6.61 Å². The van der Waals surface area contributed by atoms with Crippen LogP contribution >= 0.6 is 23.2 Å². The summed E-state index contributed by atoms with van der Waals surface area (Å²) < 4.78 is 0. The molecule has 3 N–H and O–H groups in total. The molecule has 0 amide bonds. The summed E-state index contributed by atoms with van der Waals surface area (Å²) in [6, 6.07) is 13.4. The Morgan fingerprint density at radius 3 is 2.43 bits per heavy atom. The average Bonchev–Trinajstić information content (AvgIpc) is 2.48. The molecule has 112 valence electrons. The second-order valence-corrected chi connectivity index (χ2v) is 6.21. The molecule has 1 atom stereocenters. The number of rotatable bonds is 5. The largest absolute Gasteiger partial charge is 0.395 e. The highest BCUT2D eigenvalue weighted by Crippen LogP contribution is 2.33. The summed E-state index contributed by atoms with van der Waals surface area (Å²) >= 11 is 12.2. The van der Waals surface area contributed by atoms with Crippen molar-refractivity contribution >= 4 is 23.2 Å². The minimum absolute atomic E-state index is 0.0344. The van der Waals surface area contributed by atoms with Gasteiger partial charge in [-0.05, 0) is 42.2 Å². The summed E-state index contributed by atoms with van der Waals surface area (Å²) in [5.74, 6) is 0. The van der Waals surface area contributed by atoms with Crippen LogP contribution in [0.4, 0.5) is 0 Å². The second-order valence-electron chi connectivity index (χ2n) is 5.37. The SMILES string of the molecule is Cc1ccccc1C(CN)(CO)Cc1ccc(Cl)cc1Cl. The summed E-state index contributed by atoms with van der Waals surface area (Å²) in [7, 11) is 0. The Balaban J connectivity index is 2.46. The van der Waals surface area contributed by atoms with Crippen LogP contribution < -0.4 is 5.73 Å². The fourth-order valence-corrected chi connectivity index (χ4v) is 3.16. The van der Waals surface area contributed by atoms with E-state index in [1.165, 1.54) is 0 Å². The molecule has 0 spiro atoms. The number of hydrogen-bond donors (Lipinski definition) is 2. The maximum absolute atomic E-state index is 10.0. The van der Waals surface area contributed by atoms with Gasteiger partial charge >= 0.3 is 0 Å². The Morgan fingerprint density at radius 2 is 1.86 bits per heavy atom. The highest BCUT2D eigenvalue weighted by molar-refractivity contribution is 6.35. The minimum atomic E-state index is -0.539. The van der Waals surface area contributed by atoms with E-state index >= 15 is 0 Å². The lowest BCUT2D eigenvalue weighted by molar-refractivity contribution is 0.195. The van der Waals surface area contributed by atoms with Crippen LogP contribution in [-0.4, -0.2) is 18.3 Å². The quantitative estimate of drug-likeness (QED) is 0.880. The van der Waals surface area contributed by atoms with Gasteiger partial charge in [-0.3, -0.25) is 0 Å². The number of aliphatic hydroxyl groups excluding tert-OH is 1. The molecule has 0 aromatic heterocycles. The molecule has 0 aliphatic rings. The predicted molar refractivity (Wildman–Crippen MR) is 89.2 cm³/mol. The average molecular weight is 324 g/mol. The van der Waals surface area contributed by atoms with Crippen LogP contribution in [0.2, 0.25) is 10.0 Å². The summed E-state index contributed by atoms with van der Waals surface area (Å²) in [6.45, 7) is 2.33. The van der Waals surface area contributed by atoms with E-state index in [0.717, 1.165) is 16.7 Å². The lowest BCUT2D eigenvalue weighted by Gasteiger charge is -2.33. The molecule has 2 aromatic carbocycles. The van der Waals surface area contributed by atoms with Gasteiger partial charge < -0.3 is 10.8 Å². The Hall–Kier alpha value is -1.06. The Kier molecular flexibility index (Phi) is 5.28. The van der Waals surface area contributed by atoms with Gasteiger partial charge in [-0.25, -0.2) is 0 Å². The van der Waals surface area contributed by atoms with Gasteiger partial charge in [0.15, 0.2) is 0 Å². The van der Waals surface area contributed by atoms with Crippen LogP contribution in [0.3, 0.4) is 0 Å². The molecule has 2 nitrogen and oxygen atoms in total. The molecular formula is C17H19Cl2NO. The summed E-state index contributed by atoms with van der Waals surface area (Å²) in [5.41, 5.74) is 8.58. The third-order valence-electron chi connectivity index (χ3n) is 3.95. The van der Waals surface area contributed by atoms with Crippen LogP contribution in [0.5, 0.6) is 0 Å². The fraction of sp³-hybridized carbons (Fsp3) is 0.294. The Bertz CT molecular complexity index is 624. The molecule has 0 saturated heterocycles. The second kappa shape index (κ2) is 6.80. The van der Waals surface area contributed by atoms with Gasteiger partial charge in [-0.1, -0.05) is 53.5 Å². The maximum Gasteiger partial charge on any atom is 0.0543 e. The minimum Gasteiger partial charge on any atom is -0.395 e. The van der Waals surface area contributed by atoms with Gasteiger partial charge in [0.1, 0.15) is 0 Å². The highest BCUT2D eigenvalue weighted by atomic mass is 35.5. The van der Waals surface area contributed by atoms with Crippen molar-refractivity contribution in [2.45, 2.75) is 18.8 Å². The smallest absolute Gasteiger partial charge is 0.0543 e. The summed E-state index contributed by atoms with van der Waals surface area (Å²) in [4.78, 5) is 0. The molecule has 0 aliphatic heterocycles. The lowest BCUT2D eigenvalue weighted by Crippen LogP contribution is -2.41.